The van der Waals surface area contributed by atoms with Crippen LogP contribution in [0.4, 0.5) is 4.79 Å². The predicted molar refractivity (Wildman–Crippen MR) is 76.1 cm³/mol. The van der Waals surface area contributed by atoms with Crippen LogP contribution in [0.3, 0.4) is 0 Å². The Morgan fingerprint density at radius 2 is 2.00 bits per heavy atom. The van der Waals surface area contributed by atoms with Gasteiger partial charge in [-0.25, -0.2) is 4.79 Å². The summed E-state index contributed by atoms with van der Waals surface area (Å²) in [7, 11) is 0. The van der Waals surface area contributed by atoms with Gasteiger partial charge in [0, 0.05) is 13.1 Å². The van der Waals surface area contributed by atoms with Crippen molar-refractivity contribution in [2.45, 2.75) is 77.4 Å². The Bertz CT molecular complexity index is 298. The molecule has 1 heterocycles. The first-order valence-electron chi connectivity index (χ1n) is 7.46. The van der Waals surface area contributed by atoms with Crippen LogP contribution in [0.15, 0.2) is 0 Å². The first-order valence-corrected chi connectivity index (χ1v) is 7.46. The molecule has 19 heavy (non-hydrogen) atoms. The molecule has 1 aliphatic rings. The molecule has 1 saturated heterocycles. The van der Waals surface area contributed by atoms with Crippen molar-refractivity contribution in [2.24, 2.45) is 0 Å². The Kier molecular flexibility index (Phi) is 5.65. The van der Waals surface area contributed by atoms with Crippen molar-refractivity contribution in [3.05, 3.63) is 0 Å². The molecule has 1 aliphatic heterocycles. The molecule has 0 aromatic rings. The molecule has 0 spiro atoms. The molecular weight excluding hydrogens is 242 g/mol. The van der Waals surface area contributed by atoms with Crippen molar-refractivity contribution in [2.75, 3.05) is 13.1 Å². The zero-order chi connectivity index (χ0) is 14.5. The highest BCUT2D eigenvalue weighted by Crippen LogP contribution is 2.28. The van der Waals surface area contributed by atoms with Gasteiger partial charge in [-0.1, -0.05) is 19.8 Å². The van der Waals surface area contributed by atoms with Crippen LogP contribution in [0.5, 0.6) is 0 Å². The number of unbranched alkanes of at least 4 members (excludes halogenated alkanes) is 1. The molecule has 112 valence electrons. The third kappa shape index (κ3) is 5.81. The summed E-state index contributed by atoms with van der Waals surface area (Å²) in [6, 6.07) is 0. The maximum absolute atomic E-state index is 12.0. The van der Waals surface area contributed by atoms with Crippen molar-refractivity contribution in [3.8, 4) is 0 Å². The van der Waals surface area contributed by atoms with E-state index in [1.807, 2.05) is 20.8 Å². The number of carbonyl (C=O) groups is 1. The van der Waals surface area contributed by atoms with Crippen LogP contribution in [0.2, 0.25) is 0 Å². The Morgan fingerprint density at radius 3 is 2.58 bits per heavy atom. The molecule has 0 saturated carbocycles. The largest absolute Gasteiger partial charge is 0.444 e. The maximum Gasteiger partial charge on any atom is 0.410 e. The Morgan fingerprint density at radius 1 is 1.32 bits per heavy atom. The zero-order valence-electron chi connectivity index (χ0n) is 12.9. The molecule has 0 bridgehead atoms. The molecule has 1 rings (SSSR count). The fourth-order valence-corrected chi connectivity index (χ4v) is 2.44. The van der Waals surface area contributed by atoms with E-state index in [1.165, 1.54) is 0 Å². The van der Waals surface area contributed by atoms with Crippen LogP contribution in [0.25, 0.3) is 0 Å². The summed E-state index contributed by atoms with van der Waals surface area (Å²) >= 11 is 0. The molecule has 1 atom stereocenters. The lowest BCUT2D eigenvalue weighted by Gasteiger charge is -2.28. The van der Waals surface area contributed by atoms with Crippen LogP contribution in [-0.4, -0.2) is 40.4 Å². The summed E-state index contributed by atoms with van der Waals surface area (Å²) in [5.41, 5.74) is -1.05. The Hall–Kier alpha value is -0.770. The smallest absolute Gasteiger partial charge is 0.410 e. The molecule has 4 heteroatoms. The second kappa shape index (κ2) is 6.60. The lowest BCUT2D eigenvalue weighted by Crippen LogP contribution is -2.38. The molecule has 0 aromatic heterocycles. The fourth-order valence-electron chi connectivity index (χ4n) is 2.44. The van der Waals surface area contributed by atoms with E-state index in [2.05, 4.69) is 6.92 Å². The molecule has 1 unspecified atom stereocenters. The zero-order valence-corrected chi connectivity index (χ0v) is 12.9. The van der Waals surface area contributed by atoms with Crippen LogP contribution in [0, 0.1) is 0 Å². The average Bonchev–Trinajstić information content (AvgIpc) is 2.47. The lowest BCUT2D eigenvalue weighted by molar-refractivity contribution is 0.00921. The standard InChI is InChI=1S/C15H29NO3/c1-5-6-8-15(18)9-7-11-16(12-10-15)13(17)19-14(2,3)4/h18H,5-12H2,1-4H3. The predicted octanol–water partition coefficient (Wildman–Crippen LogP) is 3.33. The van der Waals surface area contributed by atoms with Crippen molar-refractivity contribution >= 4 is 6.09 Å². The summed E-state index contributed by atoms with van der Waals surface area (Å²) in [6.45, 7) is 9.03. The van der Waals surface area contributed by atoms with Gasteiger partial charge >= 0.3 is 6.09 Å². The second-order valence-electron chi connectivity index (χ2n) is 6.65. The number of amides is 1. The van der Waals surface area contributed by atoms with Crippen LogP contribution in [-0.2, 0) is 4.74 Å². The van der Waals surface area contributed by atoms with E-state index in [9.17, 15) is 9.90 Å². The summed E-state index contributed by atoms with van der Waals surface area (Å²) in [5.74, 6) is 0. The number of hydrogen-bond acceptors (Lipinski definition) is 3. The van der Waals surface area contributed by atoms with Gasteiger partial charge in [0.05, 0.1) is 5.60 Å². The highest BCUT2D eigenvalue weighted by atomic mass is 16.6. The van der Waals surface area contributed by atoms with Gasteiger partial charge in [-0.2, -0.15) is 0 Å². The SMILES string of the molecule is CCCCC1(O)CCCN(C(=O)OC(C)(C)C)CC1. The summed E-state index contributed by atoms with van der Waals surface area (Å²) in [6.07, 6.45) is 5.01. The number of likely N-dealkylation sites (tertiary alicyclic amines) is 1. The molecular formula is C15H29NO3. The van der Waals surface area contributed by atoms with Crippen molar-refractivity contribution in [1.82, 2.24) is 4.90 Å². The van der Waals surface area contributed by atoms with Crippen LogP contribution in [0.1, 0.15) is 66.2 Å². The van der Waals surface area contributed by atoms with Gasteiger partial charge in [-0.15, -0.1) is 0 Å². The minimum absolute atomic E-state index is 0.257. The van der Waals surface area contributed by atoms with Gasteiger partial charge in [-0.05, 0) is 46.5 Å². The maximum atomic E-state index is 12.0. The third-order valence-corrected chi connectivity index (χ3v) is 3.56. The number of rotatable bonds is 3. The van der Waals surface area contributed by atoms with Gasteiger partial charge < -0.3 is 14.7 Å². The Balaban J connectivity index is 2.51. The van der Waals surface area contributed by atoms with E-state index in [-0.39, 0.29) is 6.09 Å². The van der Waals surface area contributed by atoms with E-state index in [4.69, 9.17) is 4.74 Å². The number of ether oxygens (including phenoxy) is 1. The summed E-state index contributed by atoms with van der Waals surface area (Å²) in [5, 5.41) is 10.5. The molecule has 1 N–H and O–H groups in total. The minimum Gasteiger partial charge on any atom is -0.444 e. The third-order valence-electron chi connectivity index (χ3n) is 3.56. The first-order chi connectivity index (χ1) is 8.76. The number of nitrogens with zero attached hydrogens (tertiary/aromatic N) is 1. The highest BCUT2D eigenvalue weighted by molar-refractivity contribution is 5.68. The number of aliphatic hydroxyl groups is 1. The van der Waals surface area contributed by atoms with E-state index in [0.29, 0.717) is 19.5 Å². The highest BCUT2D eigenvalue weighted by Gasteiger charge is 2.32. The fraction of sp³-hybridized carbons (Fsp3) is 0.933. The monoisotopic (exact) mass is 271 g/mol. The van der Waals surface area contributed by atoms with E-state index in [1.54, 1.807) is 4.90 Å². The quantitative estimate of drug-likeness (QED) is 0.856. The van der Waals surface area contributed by atoms with E-state index in [0.717, 1.165) is 32.1 Å². The van der Waals surface area contributed by atoms with Crippen LogP contribution >= 0.6 is 0 Å². The lowest BCUT2D eigenvalue weighted by atomic mass is 9.89. The van der Waals surface area contributed by atoms with Crippen LogP contribution < -0.4 is 0 Å². The first kappa shape index (κ1) is 16.3. The molecule has 1 amide bonds. The minimum atomic E-state index is -0.591. The number of carbonyl (C=O) groups excluding carboxylic acids is 1. The molecule has 1 fully saturated rings. The van der Waals surface area contributed by atoms with Gasteiger partial charge in [0.25, 0.3) is 0 Å². The second-order valence-corrected chi connectivity index (χ2v) is 6.65. The van der Waals surface area contributed by atoms with Crippen molar-refractivity contribution in [1.29, 1.82) is 0 Å². The average molecular weight is 271 g/mol. The van der Waals surface area contributed by atoms with Gasteiger partial charge in [0.1, 0.15) is 5.60 Å². The van der Waals surface area contributed by atoms with Gasteiger partial charge in [-0.3, -0.25) is 0 Å². The van der Waals surface area contributed by atoms with Crippen molar-refractivity contribution < 1.29 is 14.6 Å². The summed E-state index contributed by atoms with van der Waals surface area (Å²) < 4.78 is 5.39. The van der Waals surface area contributed by atoms with E-state index >= 15 is 0 Å². The van der Waals surface area contributed by atoms with Gasteiger partial charge in [0.15, 0.2) is 0 Å². The topological polar surface area (TPSA) is 49.8 Å². The summed E-state index contributed by atoms with van der Waals surface area (Å²) in [4.78, 5) is 13.7. The van der Waals surface area contributed by atoms with E-state index < -0.39 is 11.2 Å². The Labute approximate surface area is 117 Å². The molecule has 0 aliphatic carbocycles. The molecule has 0 radical (unpaired) electrons. The normalized spacial score (nSPS) is 25.0. The molecule has 0 aromatic carbocycles. The van der Waals surface area contributed by atoms with Crippen molar-refractivity contribution in [3.63, 3.8) is 0 Å². The van der Waals surface area contributed by atoms with Gasteiger partial charge in [0.2, 0.25) is 0 Å². The molecule has 4 nitrogen and oxygen atoms in total. The number of hydrogen-bond donors (Lipinski definition) is 1.